The third-order valence-corrected chi connectivity index (χ3v) is 8.30. The Morgan fingerprint density at radius 2 is 1.66 bits per heavy atom. The van der Waals surface area contributed by atoms with E-state index >= 15 is 0 Å². The Kier molecular flexibility index (Phi) is 10.7. The van der Waals surface area contributed by atoms with Crippen molar-refractivity contribution in [1.82, 2.24) is 0 Å². The molecule has 1 aliphatic rings. The first kappa shape index (κ1) is 30.9. The SMILES string of the molecule is COC(=O)C(Cc1ccc(OCCCN(CC2CCC2)c2cccc(C)c2)cc1)Nc1ccccc1C(=O)c1ccccc1. The van der Waals surface area contributed by atoms with Crippen molar-refractivity contribution in [2.24, 2.45) is 5.92 Å². The quantitative estimate of drug-likeness (QED) is 0.0879. The van der Waals surface area contributed by atoms with E-state index in [1.807, 2.05) is 60.7 Å². The van der Waals surface area contributed by atoms with Crippen LogP contribution in [0.3, 0.4) is 0 Å². The first-order chi connectivity index (χ1) is 21.5. The van der Waals surface area contributed by atoms with Gasteiger partial charge in [0.15, 0.2) is 5.78 Å². The molecule has 1 saturated carbocycles. The summed E-state index contributed by atoms with van der Waals surface area (Å²) in [6.07, 6.45) is 5.33. The topological polar surface area (TPSA) is 67.9 Å². The summed E-state index contributed by atoms with van der Waals surface area (Å²) in [5.41, 5.74) is 5.22. The van der Waals surface area contributed by atoms with Crippen molar-refractivity contribution >= 4 is 23.1 Å². The molecule has 4 aromatic carbocycles. The summed E-state index contributed by atoms with van der Waals surface area (Å²) in [6, 6.07) is 32.3. The summed E-state index contributed by atoms with van der Waals surface area (Å²) in [5.74, 6) is 1.09. The number of para-hydroxylation sites is 1. The molecule has 0 saturated heterocycles. The molecular formula is C38H42N2O4. The number of ether oxygens (including phenoxy) is 2. The minimum absolute atomic E-state index is 0.108. The number of esters is 1. The van der Waals surface area contributed by atoms with Gasteiger partial charge < -0.3 is 19.7 Å². The van der Waals surface area contributed by atoms with E-state index in [0.29, 0.717) is 29.8 Å². The molecule has 0 bridgehead atoms. The zero-order valence-corrected chi connectivity index (χ0v) is 25.7. The monoisotopic (exact) mass is 590 g/mol. The lowest BCUT2D eigenvalue weighted by atomic mass is 9.85. The molecule has 0 amide bonds. The van der Waals surface area contributed by atoms with Crippen LogP contribution in [0.2, 0.25) is 0 Å². The summed E-state index contributed by atoms with van der Waals surface area (Å²) in [5, 5.41) is 3.27. The molecule has 1 unspecified atom stereocenters. The van der Waals surface area contributed by atoms with Crippen molar-refractivity contribution in [1.29, 1.82) is 0 Å². The second-order valence-electron chi connectivity index (χ2n) is 11.6. The van der Waals surface area contributed by atoms with Crippen molar-refractivity contribution < 1.29 is 19.1 Å². The van der Waals surface area contributed by atoms with Crippen molar-refractivity contribution in [3.63, 3.8) is 0 Å². The van der Waals surface area contributed by atoms with Crippen LogP contribution in [0.15, 0.2) is 103 Å². The van der Waals surface area contributed by atoms with Crippen molar-refractivity contribution in [3.8, 4) is 5.75 Å². The van der Waals surface area contributed by atoms with E-state index in [9.17, 15) is 9.59 Å². The molecule has 6 heteroatoms. The lowest BCUT2D eigenvalue weighted by Gasteiger charge is -2.34. The van der Waals surface area contributed by atoms with Crippen LogP contribution in [0.1, 0.15) is 52.7 Å². The number of rotatable bonds is 15. The number of carbonyl (C=O) groups excluding carboxylic acids is 2. The molecule has 1 aliphatic carbocycles. The molecule has 1 atom stereocenters. The Balaban J connectivity index is 1.17. The summed E-state index contributed by atoms with van der Waals surface area (Å²) >= 11 is 0. The Labute approximate surface area is 261 Å². The number of nitrogens with zero attached hydrogens (tertiary/aromatic N) is 1. The molecule has 1 N–H and O–H groups in total. The van der Waals surface area contributed by atoms with E-state index in [1.54, 1.807) is 18.2 Å². The summed E-state index contributed by atoms with van der Waals surface area (Å²) in [6.45, 7) is 4.84. The average molecular weight is 591 g/mol. The number of anilines is 2. The van der Waals surface area contributed by atoms with Crippen molar-refractivity contribution in [2.45, 2.75) is 45.1 Å². The maximum atomic E-state index is 13.2. The highest BCUT2D eigenvalue weighted by atomic mass is 16.5. The van der Waals surface area contributed by atoms with E-state index in [2.05, 4.69) is 41.4 Å². The predicted molar refractivity (Wildman–Crippen MR) is 177 cm³/mol. The fraction of sp³-hybridized carbons (Fsp3) is 0.316. The van der Waals surface area contributed by atoms with Crippen LogP contribution in [-0.4, -0.2) is 44.6 Å². The third-order valence-electron chi connectivity index (χ3n) is 8.30. The maximum Gasteiger partial charge on any atom is 0.328 e. The molecule has 0 aromatic heterocycles. The highest BCUT2D eigenvalue weighted by Crippen LogP contribution is 2.29. The Bertz CT molecular complexity index is 1520. The van der Waals surface area contributed by atoms with Crippen LogP contribution in [0, 0.1) is 12.8 Å². The number of methoxy groups -OCH3 is 1. The van der Waals surface area contributed by atoms with Gasteiger partial charge in [-0.2, -0.15) is 0 Å². The van der Waals surface area contributed by atoms with Crippen LogP contribution >= 0.6 is 0 Å². The zero-order valence-electron chi connectivity index (χ0n) is 25.7. The molecule has 228 valence electrons. The van der Waals surface area contributed by atoms with Gasteiger partial charge in [-0.15, -0.1) is 0 Å². The average Bonchev–Trinajstić information content (AvgIpc) is 3.04. The number of carbonyl (C=O) groups is 2. The predicted octanol–water partition coefficient (Wildman–Crippen LogP) is 7.50. The summed E-state index contributed by atoms with van der Waals surface area (Å²) in [4.78, 5) is 28.5. The van der Waals surface area contributed by atoms with Crippen LogP contribution in [-0.2, 0) is 16.0 Å². The van der Waals surface area contributed by atoms with Crippen molar-refractivity contribution in [2.75, 3.05) is 37.0 Å². The van der Waals surface area contributed by atoms with Crippen LogP contribution in [0.25, 0.3) is 0 Å². The second-order valence-corrected chi connectivity index (χ2v) is 11.6. The van der Waals surface area contributed by atoms with Gasteiger partial charge in [0.2, 0.25) is 0 Å². The number of hydrogen-bond acceptors (Lipinski definition) is 6. The number of nitrogens with one attached hydrogen (secondary N) is 1. The lowest BCUT2D eigenvalue weighted by molar-refractivity contribution is -0.141. The maximum absolute atomic E-state index is 13.2. The van der Waals surface area contributed by atoms with E-state index in [4.69, 9.17) is 9.47 Å². The molecule has 44 heavy (non-hydrogen) atoms. The van der Waals surface area contributed by atoms with Gasteiger partial charge in [-0.1, -0.05) is 73.2 Å². The van der Waals surface area contributed by atoms with Gasteiger partial charge in [0.25, 0.3) is 0 Å². The first-order valence-corrected chi connectivity index (χ1v) is 15.6. The minimum Gasteiger partial charge on any atom is -0.494 e. The Morgan fingerprint density at radius 1 is 0.909 bits per heavy atom. The molecule has 6 nitrogen and oxygen atoms in total. The van der Waals surface area contributed by atoms with Gasteiger partial charge in [0.05, 0.1) is 13.7 Å². The van der Waals surface area contributed by atoms with Crippen LogP contribution < -0.4 is 15.0 Å². The van der Waals surface area contributed by atoms with E-state index in [1.165, 1.54) is 37.6 Å². The van der Waals surface area contributed by atoms with Gasteiger partial charge in [-0.25, -0.2) is 4.79 Å². The Hall–Kier alpha value is -4.58. The fourth-order valence-electron chi connectivity index (χ4n) is 5.62. The standard InChI is InChI=1S/C38H42N2O4/c1-28-11-8-16-32(25-28)40(27-30-12-9-13-30)23-10-24-44-33-21-19-29(20-22-33)26-36(38(42)43-2)39-35-18-7-6-17-34(35)37(41)31-14-4-3-5-15-31/h3-8,11,14-22,25,30,36,39H,9-10,12-13,23-24,26-27H2,1-2H3. The minimum atomic E-state index is -0.667. The molecular weight excluding hydrogens is 548 g/mol. The Morgan fingerprint density at radius 3 is 2.36 bits per heavy atom. The van der Waals surface area contributed by atoms with Crippen molar-refractivity contribution in [3.05, 3.63) is 125 Å². The van der Waals surface area contributed by atoms with Crippen LogP contribution in [0.5, 0.6) is 5.75 Å². The number of ketones is 1. The van der Waals surface area contributed by atoms with E-state index in [0.717, 1.165) is 36.7 Å². The smallest absolute Gasteiger partial charge is 0.328 e. The summed E-state index contributed by atoms with van der Waals surface area (Å²) in [7, 11) is 1.38. The summed E-state index contributed by atoms with van der Waals surface area (Å²) < 4.78 is 11.2. The molecule has 4 aromatic rings. The van der Waals surface area contributed by atoms with E-state index < -0.39 is 12.0 Å². The van der Waals surface area contributed by atoms with E-state index in [-0.39, 0.29) is 5.78 Å². The molecule has 0 radical (unpaired) electrons. The number of benzene rings is 4. The molecule has 1 fully saturated rings. The largest absolute Gasteiger partial charge is 0.494 e. The van der Waals surface area contributed by atoms with Gasteiger partial charge >= 0.3 is 5.97 Å². The first-order valence-electron chi connectivity index (χ1n) is 15.6. The normalized spacial score (nSPS) is 13.4. The van der Waals surface area contributed by atoms with Crippen LogP contribution in [0.4, 0.5) is 11.4 Å². The van der Waals surface area contributed by atoms with Gasteiger partial charge in [0, 0.05) is 42.0 Å². The van der Waals surface area contributed by atoms with Gasteiger partial charge in [0.1, 0.15) is 11.8 Å². The third kappa shape index (κ3) is 8.28. The zero-order chi connectivity index (χ0) is 30.7. The second kappa shape index (κ2) is 15.2. The number of aryl methyl sites for hydroxylation is 1. The molecule has 0 spiro atoms. The van der Waals surface area contributed by atoms with Gasteiger partial charge in [-0.05, 0) is 79.6 Å². The van der Waals surface area contributed by atoms with Gasteiger partial charge in [-0.3, -0.25) is 4.79 Å². The molecule has 0 aliphatic heterocycles. The highest BCUT2D eigenvalue weighted by molar-refractivity contribution is 6.12. The number of hydrogen-bond donors (Lipinski definition) is 1. The lowest BCUT2D eigenvalue weighted by Crippen LogP contribution is -2.34. The fourth-order valence-corrected chi connectivity index (χ4v) is 5.62. The highest BCUT2D eigenvalue weighted by Gasteiger charge is 2.23. The molecule has 5 rings (SSSR count). The molecule has 0 heterocycles.